The van der Waals surface area contributed by atoms with Gasteiger partial charge in [-0.15, -0.1) is 0 Å². The van der Waals surface area contributed by atoms with Crippen LogP contribution in [0.2, 0.25) is 0 Å². The molecule has 0 saturated heterocycles. The molecule has 3 heteroatoms. The first-order valence-electron chi connectivity index (χ1n) is 2.95. The monoisotopic (exact) mass is 113 g/mol. The van der Waals surface area contributed by atoms with Crippen LogP contribution in [0.4, 0.5) is 0 Å². The number of nitrogens with one attached hydrogen (secondary N) is 2. The van der Waals surface area contributed by atoms with E-state index in [-0.39, 0.29) is 0 Å². The predicted molar refractivity (Wildman–Crippen MR) is 33.7 cm³/mol. The molecular formula is C5H11N3. The molecule has 1 rings (SSSR count). The Morgan fingerprint density at radius 1 is 1.75 bits per heavy atom. The Kier molecular flexibility index (Phi) is 1.86. The van der Waals surface area contributed by atoms with Gasteiger partial charge in [0.1, 0.15) is 5.84 Å². The molecule has 3 nitrogen and oxygen atoms in total. The summed E-state index contributed by atoms with van der Waals surface area (Å²) in [6, 6.07) is 0. The van der Waals surface area contributed by atoms with Crippen molar-refractivity contribution in [3.05, 3.63) is 0 Å². The first-order valence-corrected chi connectivity index (χ1v) is 2.95. The van der Waals surface area contributed by atoms with E-state index in [2.05, 4.69) is 22.8 Å². The molecule has 1 aliphatic heterocycles. The van der Waals surface area contributed by atoms with E-state index in [0.29, 0.717) is 0 Å². The highest BCUT2D eigenvalue weighted by molar-refractivity contribution is 5.81. The highest BCUT2D eigenvalue weighted by atomic mass is 15.4. The van der Waals surface area contributed by atoms with Crippen LogP contribution in [0.5, 0.6) is 0 Å². The van der Waals surface area contributed by atoms with Gasteiger partial charge in [-0.2, -0.15) is 0 Å². The minimum Gasteiger partial charge on any atom is -0.310 e. The molecule has 2 N–H and O–H groups in total. The molecule has 0 aromatic heterocycles. The van der Waals surface area contributed by atoms with Crippen molar-refractivity contribution in [1.82, 2.24) is 10.9 Å². The van der Waals surface area contributed by atoms with Gasteiger partial charge in [0.15, 0.2) is 0 Å². The molecule has 0 aromatic carbocycles. The van der Waals surface area contributed by atoms with Crippen LogP contribution in [0, 0.1) is 0 Å². The van der Waals surface area contributed by atoms with E-state index in [1.54, 1.807) is 0 Å². The average molecular weight is 113 g/mol. The van der Waals surface area contributed by atoms with Gasteiger partial charge in [-0.1, -0.05) is 6.92 Å². The second kappa shape index (κ2) is 2.67. The number of hydrazine groups is 1. The summed E-state index contributed by atoms with van der Waals surface area (Å²) in [4.78, 5) is 4.19. The van der Waals surface area contributed by atoms with Crippen LogP contribution in [0.25, 0.3) is 0 Å². The maximum Gasteiger partial charge on any atom is 0.110 e. The van der Waals surface area contributed by atoms with Crippen LogP contribution in [0.15, 0.2) is 4.99 Å². The highest BCUT2D eigenvalue weighted by Gasteiger charge is 1.97. The summed E-state index contributed by atoms with van der Waals surface area (Å²) in [5.41, 5.74) is 5.97. The largest absolute Gasteiger partial charge is 0.310 e. The first-order chi connectivity index (χ1) is 3.93. The molecule has 1 heterocycles. The van der Waals surface area contributed by atoms with Crippen molar-refractivity contribution in [2.24, 2.45) is 4.99 Å². The van der Waals surface area contributed by atoms with Crippen LogP contribution in [0.1, 0.15) is 13.3 Å². The van der Waals surface area contributed by atoms with E-state index < -0.39 is 0 Å². The maximum absolute atomic E-state index is 4.19. The molecule has 46 valence electrons. The van der Waals surface area contributed by atoms with Crippen LogP contribution in [-0.4, -0.2) is 18.9 Å². The van der Waals surface area contributed by atoms with Crippen molar-refractivity contribution >= 4 is 5.84 Å². The van der Waals surface area contributed by atoms with Gasteiger partial charge in [0.2, 0.25) is 0 Å². The van der Waals surface area contributed by atoms with Crippen molar-refractivity contribution in [3.63, 3.8) is 0 Å². The minimum atomic E-state index is 0.913. The number of rotatable bonds is 1. The summed E-state index contributed by atoms with van der Waals surface area (Å²) < 4.78 is 0. The lowest BCUT2D eigenvalue weighted by molar-refractivity contribution is 0.617. The van der Waals surface area contributed by atoms with E-state index >= 15 is 0 Å². The van der Waals surface area contributed by atoms with Gasteiger partial charge < -0.3 is 5.43 Å². The summed E-state index contributed by atoms with van der Waals surface area (Å²) in [6.07, 6.45) is 0.993. The predicted octanol–water partition coefficient (Wildman–Crippen LogP) is -0.0973. The van der Waals surface area contributed by atoms with Gasteiger partial charge in [0.05, 0.1) is 6.54 Å². The lowest BCUT2D eigenvalue weighted by Gasteiger charge is -2.13. The minimum absolute atomic E-state index is 0.913. The fourth-order valence-electron chi connectivity index (χ4n) is 0.651. The Labute approximate surface area is 49.2 Å². The fourth-order valence-corrected chi connectivity index (χ4v) is 0.651. The third-order valence-electron chi connectivity index (χ3n) is 1.11. The Morgan fingerprint density at radius 3 is 3.00 bits per heavy atom. The SMILES string of the molecule is CCC1=NCCNN1. The second-order valence-corrected chi connectivity index (χ2v) is 1.73. The van der Waals surface area contributed by atoms with Gasteiger partial charge in [-0.05, 0) is 0 Å². The molecule has 0 bridgehead atoms. The number of aliphatic imine (C=N–C) groups is 1. The maximum atomic E-state index is 4.19. The smallest absolute Gasteiger partial charge is 0.110 e. The molecule has 1 aliphatic rings. The van der Waals surface area contributed by atoms with E-state index in [1.807, 2.05) is 0 Å². The average Bonchev–Trinajstić information content (AvgIpc) is 1.90. The van der Waals surface area contributed by atoms with Crippen LogP contribution in [-0.2, 0) is 0 Å². The summed E-state index contributed by atoms with van der Waals surface area (Å²) >= 11 is 0. The molecule has 0 radical (unpaired) electrons. The zero-order chi connectivity index (χ0) is 5.82. The molecule has 0 unspecified atom stereocenters. The normalized spacial score (nSPS) is 19.4. The van der Waals surface area contributed by atoms with Crippen molar-refractivity contribution in [3.8, 4) is 0 Å². The number of hydrogen-bond donors (Lipinski definition) is 2. The van der Waals surface area contributed by atoms with Gasteiger partial charge in [0.25, 0.3) is 0 Å². The third kappa shape index (κ3) is 1.20. The number of hydrogen-bond acceptors (Lipinski definition) is 3. The molecule has 0 aliphatic carbocycles. The van der Waals surface area contributed by atoms with Crippen LogP contribution < -0.4 is 10.9 Å². The topological polar surface area (TPSA) is 36.4 Å². The zero-order valence-corrected chi connectivity index (χ0v) is 5.07. The summed E-state index contributed by atoms with van der Waals surface area (Å²) in [7, 11) is 0. The van der Waals surface area contributed by atoms with Gasteiger partial charge in [-0.25, -0.2) is 5.43 Å². The van der Waals surface area contributed by atoms with E-state index in [4.69, 9.17) is 0 Å². The first kappa shape index (κ1) is 5.56. The van der Waals surface area contributed by atoms with Crippen molar-refractivity contribution in [2.45, 2.75) is 13.3 Å². The van der Waals surface area contributed by atoms with E-state index in [1.165, 1.54) is 0 Å². The summed E-state index contributed by atoms with van der Waals surface area (Å²) in [5.74, 6) is 1.07. The Morgan fingerprint density at radius 2 is 2.62 bits per heavy atom. The van der Waals surface area contributed by atoms with Crippen LogP contribution >= 0.6 is 0 Å². The Bertz CT molecular complexity index is 97.8. The molecular weight excluding hydrogens is 102 g/mol. The Hall–Kier alpha value is -0.570. The standard InChI is InChI=1S/C5H11N3/c1-2-5-6-3-4-7-8-5/h7H,2-4H2,1H3,(H,6,8). The van der Waals surface area contributed by atoms with Crippen molar-refractivity contribution < 1.29 is 0 Å². The van der Waals surface area contributed by atoms with Gasteiger partial charge >= 0.3 is 0 Å². The van der Waals surface area contributed by atoms with E-state index in [9.17, 15) is 0 Å². The fraction of sp³-hybridized carbons (Fsp3) is 0.800. The molecule has 0 atom stereocenters. The molecule has 0 amide bonds. The lowest BCUT2D eigenvalue weighted by Crippen LogP contribution is -2.42. The van der Waals surface area contributed by atoms with Crippen LogP contribution in [0.3, 0.4) is 0 Å². The third-order valence-corrected chi connectivity index (χ3v) is 1.11. The van der Waals surface area contributed by atoms with Gasteiger partial charge in [0, 0.05) is 13.0 Å². The van der Waals surface area contributed by atoms with E-state index in [0.717, 1.165) is 25.3 Å². The van der Waals surface area contributed by atoms with Gasteiger partial charge in [-0.3, -0.25) is 4.99 Å². The molecule has 0 saturated carbocycles. The number of amidine groups is 1. The molecule has 0 aromatic rings. The second-order valence-electron chi connectivity index (χ2n) is 1.73. The lowest BCUT2D eigenvalue weighted by atomic mass is 10.4. The molecule has 8 heavy (non-hydrogen) atoms. The van der Waals surface area contributed by atoms with Crippen molar-refractivity contribution in [2.75, 3.05) is 13.1 Å². The van der Waals surface area contributed by atoms with Crippen molar-refractivity contribution in [1.29, 1.82) is 0 Å². The number of nitrogens with zero attached hydrogens (tertiary/aromatic N) is 1. The molecule has 0 spiro atoms. The highest BCUT2D eigenvalue weighted by Crippen LogP contribution is 1.83. The molecule has 0 fully saturated rings. The quantitative estimate of drug-likeness (QED) is 0.498. The Balaban J connectivity index is 2.37. The summed E-state index contributed by atoms with van der Waals surface area (Å²) in [5, 5.41) is 0. The zero-order valence-electron chi connectivity index (χ0n) is 5.07. The summed E-state index contributed by atoms with van der Waals surface area (Å²) in [6.45, 7) is 3.94.